The predicted molar refractivity (Wildman–Crippen MR) is 87.0 cm³/mol. The van der Waals surface area contributed by atoms with E-state index in [9.17, 15) is 13.2 Å². The molecule has 0 unspecified atom stereocenters. The lowest BCUT2D eigenvalue weighted by Gasteiger charge is -2.21. The van der Waals surface area contributed by atoms with Crippen LogP contribution in [0, 0.1) is 0 Å². The third kappa shape index (κ3) is 3.84. The lowest BCUT2D eigenvalue weighted by atomic mass is 10.1. The van der Waals surface area contributed by atoms with E-state index in [1.807, 2.05) is 18.2 Å². The van der Waals surface area contributed by atoms with Crippen LogP contribution in [-0.2, 0) is 27.7 Å². The van der Waals surface area contributed by atoms with Gasteiger partial charge in [-0.25, -0.2) is 12.7 Å². The lowest BCUT2D eigenvalue weighted by molar-refractivity contribution is -0.130. The normalized spacial score (nSPS) is 19.1. The molecule has 0 saturated carbocycles. The van der Waals surface area contributed by atoms with Gasteiger partial charge in [0.05, 0.1) is 19.3 Å². The Kier molecular flexibility index (Phi) is 4.59. The van der Waals surface area contributed by atoms with E-state index in [4.69, 9.17) is 4.74 Å². The monoisotopic (exact) mass is 338 g/mol. The fraction of sp³-hybridized carbons (Fsp3) is 0.562. The van der Waals surface area contributed by atoms with Gasteiger partial charge < -0.3 is 9.64 Å². The Morgan fingerprint density at radius 1 is 1.22 bits per heavy atom. The smallest absolute Gasteiger partial charge is 0.227 e. The van der Waals surface area contributed by atoms with Gasteiger partial charge in [-0.1, -0.05) is 12.1 Å². The fourth-order valence-electron chi connectivity index (χ4n) is 3.11. The zero-order chi connectivity index (χ0) is 16.4. The molecule has 0 atom stereocenters. The summed E-state index contributed by atoms with van der Waals surface area (Å²) in [4.78, 5) is 14.3. The van der Waals surface area contributed by atoms with Crippen LogP contribution in [0.1, 0.15) is 17.5 Å². The molecule has 0 bridgehead atoms. The summed E-state index contributed by atoms with van der Waals surface area (Å²) >= 11 is 0. The number of ether oxygens (including phenoxy) is 1. The van der Waals surface area contributed by atoms with E-state index < -0.39 is 10.0 Å². The molecule has 7 heteroatoms. The highest BCUT2D eigenvalue weighted by Gasteiger charge is 2.24. The molecule has 126 valence electrons. The highest BCUT2D eigenvalue weighted by Crippen LogP contribution is 2.26. The number of fused-ring (bicyclic) bond motifs is 1. The van der Waals surface area contributed by atoms with Crippen LogP contribution in [0.4, 0.5) is 0 Å². The zero-order valence-electron chi connectivity index (χ0n) is 13.3. The SMILES string of the molecule is CS(=O)(=O)N1CCCN(C(=O)Cc2ccc3c(c2)CCO3)CC1. The van der Waals surface area contributed by atoms with Gasteiger partial charge >= 0.3 is 0 Å². The maximum absolute atomic E-state index is 12.5. The molecule has 1 aromatic rings. The van der Waals surface area contributed by atoms with Gasteiger partial charge in [0.25, 0.3) is 0 Å². The summed E-state index contributed by atoms with van der Waals surface area (Å²) in [5.41, 5.74) is 2.15. The van der Waals surface area contributed by atoms with E-state index in [0.717, 1.165) is 23.3 Å². The van der Waals surface area contributed by atoms with Crippen molar-refractivity contribution in [1.82, 2.24) is 9.21 Å². The molecule has 0 spiro atoms. The Balaban J connectivity index is 1.62. The summed E-state index contributed by atoms with van der Waals surface area (Å²) in [7, 11) is -3.18. The van der Waals surface area contributed by atoms with Crippen molar-refractivity contribution in [2.45, 2.75) is 19.3 Å². The molecule has 6 nitrogen and oxygen atoms in total. The molecule has 0 radical (unpaired) electrons. The van der Waals surface area contributed by atoms with Crippen molar-refractivity contribution in [1.29, 1.82) is 0 Å². The number of sulfonamides is 1. The van der Waals surface area contributed by atoms with Crippen molar-refractivity contribution in [3.8, 4) is 5.75 Å². The molecule has 0 aromatic heterocycles. The number of rotatable bonds is 3. The number of carbonyl (C=O) groups is 1. The zero-order valence-corrected chi connectivity index (χ0v) is 14.1. The van der Waals surface area contributed by atoms with Crippen LogP contribution in [0.25, 0.3) is 0 Å². The molecule has 23 heavy (non-hydrogen) atoms. The van der Waals surface area contributed by atoms with Crippen molar-refractivity contribution in [2.75, 3.05) is 39.0 Å². The molecule has 1 saturated heterocycles. The topological polar surface area (TPSA) is 66.9 Å². The van der Waals surface area contributed by atoms with Crippen LogP contribution < -0.4 is 4.74 Å². The first-order valence-electron chi connectivity index (χ1n) is 7.91. The Morgan fingerprint density at radius 3 is 2.83 bits per heavy atom. The summed E-state index contributed by atoms with van der Waals surface area (Å²) in [5.74, 6) is 0.971. The van der Waals surface area contributed by atoms with Crippen molar-refractivity contribution < 1.29 is 17.9 Å². The second kappa shape index (κ2) is 6.49. The van der Waals surface area contributed by atoms with Gasteiger partial charge in [0, 0.05) is 32.6 Å². The summed E-state index contributed by atoms with van der Waals surface area (Å²) in [6.07, 6.45) is 3.14. The van der Waals surface area contributed by atoms with E-state index in [1.54, 1.807) is 4.90 Å². The van der Waals surface area contributed by atoms with Crippen LogP contribution in [0.2, 0.25) is 0 Å². The highest BCUT2D eigenvalue weighted by molar-refractivity contribution is 7.88. The summed E-state index contributed by atoms with van der Waals surface area (Å²) in [6, 6.07) is 5.91. The molecule has 2 heterocycles. The summed E-state index contributed by atoms with van der Waals surface area (Å²) < 4.78 is 30.2. The maximum Gasteiger partial charge on any atom is 0.227 e. The van der Waals surface area contributed by atoms with E-state index in [-0.39, 0.29) is 5.91 Å². The molecule has 0 N–H and O–H groups in total. The fourth-order valence-corrected chi connectivity index (χ4v) is 3.99. The number of amides is 1. The van der Waals surface area contributed by atoms with E-state index in [2.05, 4.69) is 0 Å². The number of hydrogen-bond donors (Lipinski definition) is 0. The van der Waals surface area contributed by atoms with E-state index >= 15 is 0 Å². The highest BCUT2D eigenvalue weighted by atomic mass is 32.2. The first kappa shape index (κ1) is 16.3. The predicted octanol–water partition coefficient (Wildman–Crippen LogP) is 0.658. The first-order valence-corrected chi connectivity index (χ1v) is 9.76. The van der Waals surface area contributed by atoms with Crippen molar-refractivity contribution in [3.63, 3.8) is 0 Å². The third-order valence-corrected chi connectivity index (χ3v) is 5.69. The standard InChI is InChI=1S/C16H22N2O4S/c1-23(20,21)18-7-2-6-17(8-9-18)16(19)12-13-3-4-15-14(11-13)5-10-22-15/h3-4,11H,2,5-10,12H2,1H3. The first-order chi connectivity index (χ1) is 10.9. The Labute approximate surface area is 137 Å². The molecule has 0 aliphatic carbocycles. The third-order valence-electron chi connectivity index (χ3n) is 4.39. The second-order valence-electron chi connectivity index (χ2n) is 6.11. The quantitative estimate of drug-likeness (QED) is 0.812. The van der Waals surface area contributed by atoms with Gasteiger partial charge in [-0.05, 0) is 23.6 Å². The molecular weight excluding hydrogens is 316 g/mol. The minimum Gasteiger partial charge on any atom is -0.493 e. The van der Waals surface area contributed by atoms with Crippen LogP contribution >= 0.6 is 0 Å². The lowest BCUT2D eigenvalue weighted by Crippen LogP contribution is -2.37. The van der Waals surface area contributed by atoms with Gasteiger partial charge in [-0.3, -0.25) is 4.79 Å². The van der Waals surface area contributed by atoms with Crippen LogP contribution in [0.3, 0.4) is 0 Å². The minimum absolute atomic E-state index is 0.0548. The maximum atomic E-state index is 12.5. The van der Waals surface area contributed by atoms with Crippen LogP contribution in [0.15, 0.2) is 18.2 Å². The van der Waals surface area contributed by atoms with E-state index in [1.165, 1.54) is 10.6 Å². The molecule has 1 fully saturated rings. The number of benzene rings is 1. The molecular formula is C16H22N2O4S. The van der Waals surface area contributed by atoms with Crippen LogP contribution in [-0.4, -0.2) is 62.6 Å². The number of hydrogen-bond acceptors (Lipinski definition) is 4. The van der Waals surface area contributed by atoms with E-state index in [0.29, 0.717) is 45.6 Å². The largest absolute Gasteiger partial charge is 0.493 e. The van der Waals surface area contributed by atoms with Crippen molar-refractivity contribution >= 4 is 15.9 Å². The second-order valence-corrected chi connectivity index (χ2v) is 8.10. The summed E-state index contributed by atoms with van der Waals surface area (Å²) in [5, 5.41) is 0. The Bertz CT molecular complexity index is 702. The number of nitrogens with zero attached hydrogens (tertiary/aromatic N) is 2. The molecule has 1 aromatic carbocycles. The Morgan fingerprint density at radius 2 is 2.04 bits per heavy atom. The van der Waals surface area contributed by atoms with Gasteiger partial charge in [0.1, 0.15) is 5.75 Å². The van der Waals surface area contributed by atoms with Gasteiger partial charge in [0.15, 0.2) is 0 Å². The van der Waals surface area contributed by atoms with Gasteiger partial charge in [-0.15, -0.1) is 0 Å². The average molecular weight is 338 g/mol. The molecule has 1 amide bonds. The van der Waals surface area contributed by atoms with Crippen LogP contribution in [0.5, 0.6) is 5.75 Å². The van der Waals surface area contributed by atoms with Crippen molar-refractivity contribution in [3.05, 3.63) is 29.3 Å². The molecule has 2 aliphatic rings. The molecule has 3 rings (SSSR count). The summed E-state index contributed by atoms with van der Waals surface area (Å²) in [6.45, 7) is 2.64. The number of carbonyl (C=O) groups excluding carboxylic acids is 1. The van der Waals surface area contributed by atoms with Crippen molar-refractivity contribution in [2.24, 2.45) is 0 Å². The van der Waals surface area contributed by atoms with Gasteiger partial charge in [0.2, 0.25) is 15.9 Å². The van der Waals surface area contributed by atoms with Gasteiger partial charge in [-0.2, -0.15) is 0 Å². The minimum atomic E-state index is -3.18. The molecule has 2 aliphatic heterocycles. The average Bonchev–Trinajstić information content (AvgIpc) is 2.79. The Hall–Kier alpha value is -1.60.